The van der Waals surface area contributed by atoms with Crippen LogP contribution in [0.1, 0.15) is 86.1 Å². The SMILES string of the molecule is C=C([C@@H]1C/C=C\[C@H]2O[C@H]2/C=C/C=C\c2nc(co2)C(=O)O[C@H](C(C)(C)[C@H](/C=C/C)OC(=O)CCC(=O)O)C/C=C\C2OC2/C=C/[C@H](OC)Cc2nc(co2)C(=O)O1)[C@@H](O)/C=C/C. The van der Waals surface area contributed by atoms with Crippen molar-refractivity contribution in [3.05, 3.63) is 127 Å². The third-order valence-electron chi connectivity index (χ3n) is 10.2. The van der Waals surface area contributed by atoms with Crippen molar-refractivity contribution in [1.82, 2.24) is 9.97 Å². The zero-order valence-electron chi connectivity index (χ0n) is 35.4. The Morgan fingerprint density at radius 1 is 0.871 bits per heavy atom. The molecule has 2 aromatic heterocycles. The molecule has 0 aromatic carbocycles. The number of carboxylic acid groups (broad SMARTS) is 1. The molecule has 0 aliphatic carbocycles. The molecule has 16 heteroatoms. The molecule has 2 N–H and O–H groups in total. The molecule has 0 amide bonds. The van der Waals surface area contributed by atoms with Gasteiger partial charge in [-0.15, -0.1) is 0 Å². The highest BCUT2D eigenvalue weighted by atomic mass is 16.6. The van der Waals surface area contributed by atoms with Gasteiger partial charge in [0.15, 0.2) is 17.3 Å². The minimum atomic E-state index is -1.13. The van der Waals surface area contributed by atoms with Crippen LogP contribution in [-0.4, -0.2) is 106 Å². The number of hydrogen-bond donors (Lipinski definition) is 2. The molecule has 62 heavy (non-hydrogen) atoms. The smallest absolute Gasteiger partial charge is 0.360 e. The summed E-state index contributed by atoms with van der Waals surface area (Å²) in [5, 5.41) is 19.7. The molecular weight excluding hydrogens is 805 g/mol. The summed E-state index contributed by atoms with van der Waals surface area (Å²) in [5.74, 6) is -2.98. The van der Waals surface area contributed by atoms with Crippen LogP contribution >= 0.6 is 0 Å². The number of aromatic nitrogens is 2. The number of epoxide rings is 2. The molecule has 332 valence electrons. The second kappa shape index (κ2) is 22.2. The van der Waals surface area contributed by atoms with Crippen LogP contribution in [0.15, 0.2) is 113 Å². The quantitative estimate of drug-likeness (QED) is 0.108. The van der Waals surface area contributed by atoms with Crippen molar-refractivity contribution in [1.29, 1.82) is 0 Å². The average Bonchev–Trinajstić information content (AvgIpc) is 4.04. The number of hydrogen-bond acceptors (Lipinski definition) is 15. The largest absolute Gasteiger partial charge is 0.481 e. The van der Waals surface area contributed by atoms with Crippen LogP contribution in [0.5, 0.6) is 0 Å². The van der Waals surface area contributed by atoms with Gasteiger partial charge in [-0.2, -0.15) is 0 Å². The highest BCUT2D eigenvalue weighted by molar-refractivity contribution is 5.87. The zero-order valence-corrected chi connectivity index (χ0v) is 35.4. The fourth-order valence-corrected chi connectivity index (χ4v) is 6.33. The molecule has 0 saturated carbocycles. The number of allylic oxidation sites excluding steroid dienone is 4. The Balaban J connectivity index is 1.37. The molecule has 2 aromatic rings. The summed E-state index contributed by atoms with van der Waals surface area (Å²) in [4.78, 5) is 59.2. The number of aliphatic hydroxyl groups is 1. The lowest BCUT2D eigenvalue weighted by Gasteiger charge is -2.38. The van der Waals surface area contributed by atoms with Crippen LogP contribution in [0.4, 0.5) is 0 Å². The molecular formula is C46H54N2O14. The normalized spacial score (nSPS) is 28.5. The number of carbonyl (C=O) groups excluding carboxylic acids is 3. The van der Waals surface area contributed by atoms with E-state index in [0.717, 1.165) is 0 Å². The van der Waals surface area contributed by atoms with Crippen LogP contribution in [-0.2, 0) is 44.4 Å². The third-order valence-corrected chi connectivity index (χ3v) is 10.2. The average molecular weight is 859 g/mol. The standard InChI is InChI=1S/C46H54N2O14/c1-7-13-32(49)28(3)33-16-11-17-35-34(58-35)15-9-10-20-40-47-31(26-56-40)45(54)62-39(46(4,5)38(14-8-2)61-43(52)24-23-42(50)51)19-12-18-36-37(59-36)22-21-29(55-6)25-41-48-30(27-57-41)44(53)60-33/h7-15,17-18,20-22,26-27,29,32-39,49H,3,16,19,23-25H2,1-2,4-6H3,(H,50,51)/b13-7+,14-8+,15-9+,17-11-,18-12-,20-10-,22-21+/t29-,32-,33-,34-,35+,36?,37?,38-,39-/m0/s1. The van der Waals surface area contributed by atoms with Gasteiger partial charge in [-0.25, -0.2) is 19.6 Å². The Kier molecular flexibility index (Phi) is 16.9. The molecule has 2 saturated heterocycles. The minimum absolute atomic E-state index is 0.0539. The Morgan fingerprint density at radius 3 is 2.21 bits per heavy atom. The summed E-state index contributed by atoms with van der Waals surface area (Å²) in [6.07, 6.45) is 21.3. The van der Waals surface area contributed by atoms with E-state index >= 15 is 0 Å². The molecule has 3 aliphatic rings. The zero-order chi connectivity index (χ0) is 44.8. The first-order valence-corrected chi connectivity index (χ1v) is 20.3. The van der Waals surface area contributed by atoms with Crippen molar-refractivity contribution >= 4 is 30.0 Å². The van der Waals surface area contributed by atoms with Gasteiger partial charge in [-0.3, -0.25) is 9.59 Å². The summed E-state index contributed by atoms with van der Waals surface area (Å²) < 4.78 is 45.8. The maximum atomic E-state index is 13.6. The number of carbonyl (C=O) groups is 4. The second-order valence-electron chi connectivity index (χ2n) is 15.2. The number of aliphatic carboxylic acids is 1. The van der Waals surface area contributed by atoms with Crippen LogP contribution < -0.4 is 0 Å². The topological polar surface area (TPSA) is 223 Å². The molecule has 0 radical (unpaired) electrons. The summed E-state index contributed by atoms with van der Waals surface area (Å²) >= 11 is 0. The maximum Gasteiger partial charge on any atom is 0.360 e. The van der Waals surface area contributed by atoms with Gasteiger partial charge < -0.3 is 47.5 Å². The van der Waals surface area contributed by atoms with E-state index in [0.29, 0.717) is 0 Å². The Labute approximate surface area is 359 Å². The van der Waals surface area contributed by atoms with Crippen molar-refractivity contribution < 1.29 is 66.6 Å². The number of cyclic esters (lactones) is 2. The number of esters is 3. The van der Waals surface area contributed by atoms with Crippen molar-refractivity contribution in [2.75, 3.05) is 7.11 Å². The molecule has 5 rings (SSSR count). The van der Waals surface area contributed by atoms with Crippen molar-refractivity contribution in [2.45, 2.75) is 115 Å². The summed E-state index contributed by atoms with van der Waals surface area (Å²) in [7, 11) is 1.53. The fraction of sp³-hybridized carbons (Fsp3) is 0.435. The summed E-state index contributed by atoms with van der Waals surface area (Å²) in [6.45, 7) is 11.1. The number of rotatable bonds is 11. The van der Waals surface area contributed by atoms with E-state index < -0.39 is 66.2 Å². The Hall–Kier alpha value is -5.94. The van der Waals surface area contributed by atoms with Crippen LogP contribution in [0, 0.1) is 5.41 Å². The number of fused-ring (bicyclic) bond motifs is 6. The van der Waals surface area contributed by atoms with Gasteiger partial charge in [0.05, 0.1) is 31.5 Å². The Morgan fingerprint density at radius 2 is 1.52 bits per heavy atom. The summed E-state index contributed by atoms with van der Waals surface area (Å²) in [6, 6.07) is 0. The highest BCUT2D eigenvalue weighted by Crippen LogP contribution is 2.35. The van der Waals surface area contributed by atoms with E-state index in [4.69, 9.17) is 42.4 Å². The molecule has 3 aliphatic heterocycles. The van der Waals surface area contributed by atoms with Gasteiger partial charge in [0.1, 0.15) is 55.3 Å². The van der Waals surface area contributed by atoms with E-state index in [1.54, 1.807) is 82.4 Å². The second-order valence-corrected chi connectivity index (χ2v) is 15.2. The molecule has 2 unspecified atom stereocenters. The molecule has 4 bridgehead atoms. The first-order chi connectivity index (χ1) is 29.7. The van der Waals surface area contributed by atoms with Crippen LogP contribution in [0.25, 0.3) is 6.08 Å². The Bertz CT molecular complexity index is 2100. The van der Waals surface area contributed by atoms with Crippen molar-refractivity contribution in [3.63, 3.8) is 0 Å². The number of ether oxygens (including phenoxy) is 6. The number of oxazole rings is 2. The first kappa shape index (κ1) is 47.1. The van der Waals surface area contributed by atoms with Gasteiger partial charge in [0.25, 0.3) is 0 Å². The molecule has 5 heterocycles. The fourth-order valence-electron chi connectivity index (χ4n) is 6.33. The predicted octanol–water partition coefficient (Wildman–Crippen LogP) is 6.41. The maximum absolute atomic E-state index is 13.6. The van der Waals surface area contributed by atoms with Gasteiger partial charge in [-0.05, 0) is 25.5 Å². The van der Waals surface area contributed by atoms with Crippen LogP contribution in [0.2, 0.25) is 0 Å². The summed E-state index contributed by atoms with van der Waals surface area (Å²) in [5.41, 5.74) is -0.866. The van der Waals surface area contributed by atoms with Gasteiger partial charge in [0, 0.05) is 31.4 Å². The third kappa shape index (κ3) is 13.8. The molecule has 9 atom stereocenters. The van der Waals surface area contributed by atoms with Gasteiger partial charge >= 0.3 is 23.9 Å². The predicted molar refractivity (Wildman–Crippen MR) is 223 cm³/mol. The van der Waals surface area contributed by atoms with E-state index in [2.05, 4.69) is 16.5 Å². The monoisotopic (exact) mass is 858 g/mol. The van der Waals surface area contributed by atoms with E-state index in [1.807, 2.05) is 30.4 Å². The van der Waals surface area contributed by atoms with Crippen molar-refractivity contribution in [2.24, 2.45) is 5.41 Å². The van der Waals surface area contributed by atoms with Crippen molar-refractivity contribution in [3.8, 4) is 0 Å². The minimum Gasteiger partial charge on any atom is -0.481 e. The number of aliphatic hydroxyl groups excluding tert-OH is 1. The van der Waals surface area contributed by atoms with Crippen LogP contribution in [0.3, 0.4) is 0 Å². The number of nitrogens with zero attached hydrogens (tertiary/aromatic N) is 2. The number of carboxylic acids is 1. The lowest BCUT2D eigenvalue weighted by Crippen LogP contribution is -2.44. The molecule has 16 nitrogen and oxygen atoms in total. The van der Waals surface area contributed by atoms with E-state index in [1.165, 1.54) is 19.6 Å². The first-order valence-electron chi connectivity index (χ1n) is 20.3. The lowest BCUT2D eigenvalue weighted by molar-refractivity contribution is -0.158. The van der Waals surface area contributed by atoms with Gasteiger partial charge in [0.2, 0.25) is 5.89 Å². The van der Waals surface area contributed by atoms with Gasteiger partial charge in [-0.1, -0.05) is 93.3 Å². The lowest BCUT2D eigenvalue weighted by atomic mass is 9.78. The highest BCUT2D eigenvalue weighted by Gasteiger charge is 2.42. The molecule has 2 fully saturated rings. The van der Waals surface area contributed by atoms with E-state index in [-0.39, 0.29) is 78.8 Å². The molecule has 0 spiro atoms. The number of methoxy groups -OCH3 is 1. The van der Waals surface area contributed by atoms with E-state index in [9.17, 15) is 24.3 Å².